The van der Waals surface area contributed by atoms with Crippen LogP contribution in [-0.4, -0.2) is 0 Å². The molecule has 0 bridgehead atoms. The van der Waals surface area contributed by atoms with E-state index >= 15 is 0 Å². The predicted molar refractivity (Wildman–Crippen MR) is 70.2 cm³/mol. The van der Waals surface area contributed by atoms with E-state index in [1.54, 1.807) is 0 Å². The molecule has 0 saturated heterocycles. The van der Waals surface area contributed by atoms with Gasteiger partial charge in [-0.3, -0.25) is 0 Å². The lowest BCUT2D eigenvalue weighted by Crippen LogP contribution is -1.95. The van der Waals surface area contributed by atoms with Gasteiger partial charge in [0.1, 0.15) is 0 Å². The minimum Gasteiger partial charge on any atom is -0.399 e. The number of benzene rings is 2. The molecule has 0 fully saturated rings. The van der Waals surface area contributed by atoms with Crippen molar-refractivity contribution in [3.8, 4) is 11.1 Å². The third kappa shape index (κ3) is 1.74. The van der Waals surface area contributed by atoms with Crippen molar-refractivity contribution in [2.24, 2.45) is 0 Å². The molecule has 2 aromatic carbocycles. The molecule has 0 atom stereocenters. The van der Waals surface area contributed by atoms with Gasteiger partial charge in [0.2, 0.25) is 0 Å². The Morgan fingerprint density at radius 1 is 0.875 bits per heavy atom. The van der Waals surface area contributed by atoms with Crippen LogP contribution in [-0.2, 0) is 0 Å². The van der Waals surface area contributed by atoms with Crippen LogP contribution in [0.2, 0.25) is 0 Å². The average molecular weight is 212 g/mol. The average Bonchev–Trinajstić information content (AvgIpc) is 2.26. The monoisotopic (exact) mass is 212 g/mol. The van der Waals surface area contributed by atoms with Gasteiger partial charge in [-0.15, -0.1) is 0 Å². The van der Waals surface area contributed by atoms with Crippen molar-refractivity contribution >= 4 is 11.4 Å². The van der Waals surface area contributed by atoms with Crippen LogP contribution in [0.25, 0.3) is 11.1 Å². The van der Waals surface area contributed by atoms with E-state index in [1.807, 2.05) is 44.2 Å². The summed E-state index contributed by atoms with van der Waals surface area (Å²) in [4.78, 5) is 0. The van der Waals surface area contributed by atoms with E-state index in [0.717, 1.165) is 33.6 Å². The Labute approximate surface area is 95.9 Å². The molecule has 4 N–H and O–H groups in total. The zero-order valence-corrected chi connectivity index (χ0v) is 9.62. The van der Waals surface area contributed by atoms with Gasteiger partial charge in [0.25, 0.3) is 0 Å². The van der Waals surface area contributed by atoms with Crippen LogP contribution >= 0.6 is 0 Å². The largest absolute Gasteiger partial charge is 0.399 e. The summed E-state index contributed by atoms with van der Waals surface area (Å²) in [5.41, 5.74) is 17.9. The fourth-order valence-corrected chi connectivity index (χ4v) is 1.78. The van der Waals surface area contributed by atoms with Crippen LogP contribution < -0.4 is 11.5 Å². The second-order valence-electron chi connectivity index (χ2n) is 4.11. The molecule has 0 saturated carbocycles. The van der Waals surface area contributed by atoms with Crippen molar-refractivity contribution in [2.45, 2.75) is 13.8 Å². The van der Waals surface area contributed by atoms with Gasteiger partial charge >= 0.3 is 0 Å². The highest BCUT2D eigenvalue weighted by Gasteiger charge is 2.05. The molecule has 0 spiro atoms. The number of anilines is 2. The zero-order chi connectivity index (χ0) is 11.7. The van der Waals surface area contributed by atoms with E-state index in [2.05, 4.69) is 6.07 Å². The lowest BCUT2D eigenvalue weighted by atomic mass is 9.99. The predicted octanol–water partition coefficient (Wildman–Crippen LogP) is 3.13. The van der Waals surface area contributed by atoms with Crippen molar-refractivity contribution < 1.29 is 0 Å². The molecule has 16 heavy (non-hydrogen) atoms. The quantitative estimate of drug-likeness (QED) is 0.713. The summed E-state index contributed by atoms with van der Waals surface area (Å²) in [6.07, 6.45) is 0. The Morgan fingerprint density at radius 2 is 1.62 bits per heavy atom. The zero-order valence-electron chi connectivity index (χ0n) is 9.62. The van der Waals surface area contributed by atoms with E-state index in [1.165, 1.54) is 0 Å². The third-order valence-electron chi connectivity index (χ3n) is 2.90. The Morgan fingerprint density at radius 3 is 2.31 bits per heavy atom. The molecule has 0 aliphatic rings. The highest BCUT2D eigenvalue weighted by molar-refractivity contribution is 5.79. The lowest BCUT2D eigenvalue weighted by Gasteiger charge is -2.10. The molecule has 0 unspecified atom stereocenters. The van der Waals surface area contributed by atoms with Gasteiger partial charge in [0.05, 0.1) is 0 Å². The standard InChI is InChI=1S/C14H16N2/c1-9-4-3-5-12(14(9)16)11-6-7-13(15)10(2)8-11/h3-8H,15-16H2,1-2H3. The lowest BCUT2D eigenvalue weighted by molar-refractivity contribution is 1.44. The summed E-state index contributed by atoms with van der Waals surface area (Å²) in [5.74, 6) is 0. The van der Waals surface area contributed by atoms with E-state index in [9.17, 15) is 0 Å². The summed E-state index contributed by atoms with van der Waals surface area (Å²) >= 11 is 0. The van der Waals surface area contributed by atoms with Gasteiger partial charge in [-0.2, -0.15) is 0 Å². The molecular weight excluding hydrogens is 196 g/mol. The highest BCUT2D eigenvalue weighted by atomic mass is 14.6. The molecule has 82 valence electrons. The second-order valence-corrected chi connectivity index (χ2v) is 4.11. The van der Waals surface area contributed by atoms with Gasteiger partial charge in [-0.25, -0.2) is 0 Å². The van der Waals surface area contributed by atoms with Crippen LogP contribution in [0.3, 0.4) is 0 Å². The summed E-state index contributed by atoms with van der Waals surface area (Å²) in [7, 11) is 0. The first-order valence-corrected chi connectivity index (χ1v) is 5.31. The molecule has 0 aliphatic heterocycles. The normalized spacial score (nSPS) is 10.4. The third-order valence-corrected chi connectivity index (χ3v) is 2.90. The van der Waals surface area contributed by atoms with Crippen molar-refractivity contribution in [2.75, 3.05) is 11.5 Å². The van der Waals surface area contributed by atoms with Gasteiger partial charge in [-0.1, -0.05) is 24.3 Å². The number of hydrogen-bond donors (Lipinski definition) is 2. The summed E-state index contributed by atoms with van der Waals surface area (Å²) in [5, 5.41) is 0. The van der Waals surface area contributed by atoms with Crippen LogP contribution in [0.5, 0.6) is 0 Å². The first-order valence-electron chi connectivity index (χ1n) is 5.31. The molecule has 0 aromatic heterocycles. The first-order chi connectivity index (χ1) is 7.59. The first kappa shape index (κ1) is 10.6. The number of para-hydroxylation sites is 1. The molecule has 0 heterocycles. The fraction of sp³-hybridized carbons (Fsp3) is 0.143. The number of nitrogens with two attached hydrogens (primary N) is 2. The molecule has 2 aromatic rings. The Bertz CT molecular complexity index is 530. The summed E-state index contributed by atoms with van der Waals surface area (Å²) in [6, 6.07) is 12.1. The maximum Gasteiger partial charge on any atom is 0.0423 e. The smallest absolute Gasteiger partial charge is 0.0423 e. The Hall–Kier alpha value is -1.96. The molecule has 0 radical (unpaired) electrons. The van der Waals surface area contributed by atoms with Gasteiger partial charge < -0.3 is 11.5 Å². The Balaban J connectivity index is 2.59. The highest BCUT2D eigenvalue weighted by Crippen LogP contribution is 2.29. The van der Waals surface area contributed by atoms with E-state index in [4.69, 9.17) is 11.5 Å². The molecule has 0 aliphatic carbocycles. The number of hydrogen-bond acceptors (Lipinski definition) is 2. The van der Waals surface area contributed by atoms with Crippen molar-refractivity contribution in [3.63, 3.8) is 0 Å². The van der Waals surface area contributed by atoms with Crippen molar-refractivity contribution in [3.05, 3.63) is 47.5 Å². The van der Waals surface area contributed by atoms with E-state index in [-0.39, 0.29) is 0 Å². The topological polar surface area (TPSA) is 52.0 Å². The second kappa shape index (κ2) is 3.89. The van der Waals surface area contributed by atoms with Crippen molar-refractivity contribution in [1.82, 2.24) is 0 Å². The maximum absolute atomic E-state index is 6.07. The minimum atomic E-state index is 0.815. The SMILES string of the molecule is Cc1cc(-c2cccc(C)c2N)ccc1N. The fourth-order valence-electron chi connectivity index (χ4n) is 1.78. The van der Waals surface area contributed by atoms with Crippen LogP contribution in [0, 0.1) is 13.8 Å². The van der Waals surface area contributed by atoms with E-state index < -0.39 is 0 Å². The molecular formula is C14H16N2. The number of nitrogen functional groups attached to an aromatic ring is 2. The molecule has 2 rings (SSSR count). The summed E-state index contributed by atoms with van der Waals surface area (Å²) in [6.45, 7) is 4.02. The summed E-state index contributed by atoms with van der Waals surface area (Å²) < 4.78 is 0. The molecule has 2 heteroatoms. The maximum atomic E-state index is 6.07. The molecule has 2 nitrogen and oxygen atoms in total. The minimum absolute atomic E-state index is 0.815. The Kier molecular flexibility index (Phi) is 2.57. The van der Waals surface area contributed by atoms with Crippen LogP contribution in [0.1, 0.15) is 11.1 Å². The molecule has 0 amide bonds. The number of aryl methyl sites for hydroxylation is 2. The van der Waals surface area contributed by atoms with Gasteiger partial charge in [0, 0.05) is 16.9 Å². The number of rotatable bonds is 1. The van der Waals surface area contributed by atoms with Gasteiger partial charge in [-0.05, 0) is 42.7 Å². The van der Waals surface area contributed by atoms with Gasteiger partial charge in [0.15, 0.2) is 0 Å². The van der Waals surface area contributed by atoms with Crippen LogP contribution in [0.15, 0.2) is 36.4 Å². The van der Waals surface area contributed by atoms with Crippen LogP contribution in [0.4, 0.5) is 11.4 Å². The van der Waals surface area contributed by atoms with Crippen molar-refractivity contribution in [1.29, 1.82) is 0 Å². The van der Waals surface area contributed by atoms with E-state index in [0.29, 0.717) is 0 Å².